The topological polar surface area (TPSA) is 129 Å². The number of nitrogens with one attached hydrogen (secondary N) is 2. The second-order valence-corrected chi connectivity index (χ2v) is 7.90. The van der Waals surface area contributed by atoms with Gasteiger partial charge in [0.1, 0.15) is 29.8 Å². The van der Waals surface area contributed by atoms with E-state index in [0.29, 0.717) is 6.20 Å². The lowest BCUT2D eigenvalue weighted by Gasteiger charge is -2.38. The maximum absolute atomic E-state index is 12.8. The van der Waals surface area contributed by atoms with Crippen LogP contribution in [0.4, 0.5) is 19.0 Å². The fourth-order valence-electron chi connectivity index (χ4n) is 3.56. The molecule has 4 rings (SSSR count). The average molecular weight is 489 g/mol. The van der Waals surface area contributed by atoms with Gasteiger partial charge in [-0.25, -0.2) is 4.98 Å². The van der Waals surface area contributed by atoms with E-state index in [0.717, 1.165) is 17.3 Å². The molecule has 9 nitrogen and oxygen atoms in total. The maximum Gasteiger partial charge on any atom is 0.434 e. The van der Waals surface area contributed by atoms with E-state index >= 15 is 0 Å². The predicted octanol–water partition coefficient (Wildman–Crippen LogP) is 1.89. The van der Waals surface area contributed by atoms with E-state index in [1.807, 2.05) is 30.3 Å². The highest BCUT2D eigenvalue weighted by molar-refractivity contribution is 5.92. The van der Waals surface area contributed by atoms with Crippen molar-refractivity contribution in [1.82, 2.24) is 20.3 Å². The monoisotopic (exact) mass is 489 g/mol. The number of aromatic nitrogens is 3. The van der Waals surface area contributed by atoms with Crippen molar-refractivity contribution in [1.29, 1.82) is 0 Å². The van der Waals surface area contributed by atoms with E-state index in [-0.39, 0.29) is 24.7 Å². The van der Waals surface area contributed by atoms with Crippen LogP contribution >= 0.6 is 0 Å². The van der Waals surface area contributed by atoms with Crippen LogP contribution in [-0.4, -0.2) is 68.6 Å². The van der Waals surface area contributed by atoms with Crippen LogP contribution in [0.5, 0.6) is 0 Å². The first-order valence-electron chi connectivity index (χ1n) is 10.7. The summed E-state index contributed by atoms with van der Waals surface area (Å²) in [5.74, 6) is -0.717. The summed E-state index contributed by atoms with van der Waals surface area (Å²) < 4.78 is 44.0. The highest BCUT2D eigenvalue weighted by atomic mass is 19.4. The largest absolute Gasteiger partial charge is 0.434 e. The average Bonchev–Trinajstić information content (AvgIpc) is 2.86. The van der Waals surface area contributed by atoms with Crippen molar-refractivity contribution in [2.45, 2.75) is 30.5 Å². The lowest BCUT2D eigenvalue weighted by Crippen LogP contribution is -2.58. The van der Waals surface area contributed by atoms with Gasteiger partial charge in [-0.1, -0.05) is 36.4 Å². The van der Waals surface area contributed by atoms with Crippen molar-refractivity contribution < 1.29 is 32.9 Å². The molecule has 1 aliphatic rings. The van der Waals surface area contributed by atoms with Gasteiger partial charge in [0.25, 0.3) is 5.91 Å². The summed E-state index contributed by atoms with van der Waals surface area (Å²) in [6.07, 6.45) is -5.21. The van der Waals surface area contributed by atoms with Crippen molar-refractivity contribution in [3.8, 4) is 11.1 Å². The van der Waals surface area contributed by atoms with E-state index in [1.54, 1.807) is 18.3 Å². The van der Waals surface area contributed by atoms with Crippen LogP contribution in [0.2, 0.25) is 0 Å². The fraction of sp³-hybridized carbons (Fsp3) is 0.304. The summed E-state index contributed by atoms with van der Waals surface area (Å²) in [5.41, 5.74) is 0.776. The van der Waals surface area contributed by atoms with Gasteiger partial charge in [-0.3, -0.25) is 14.8 Å². The van der Waals surface area contributed by atoms with E-state index in [1.165, 1.54) is 0 Å². The Balaban J connectivity index is 1.31. The number of amides is 1. The van der Waals surface area contributed by atoms with Crippen molar-refractivity contribution >= 4 is 11.7 Å². The van der Waals surface area contributed by atoms with Gasteiger partial charge in [0.2, 0.25) is 0 Å². The molecule has 12 heteroatoms. The SMILES string of the molecule is O=C(NC[C@H]1OC[C@H](Nc2cncc(C(F)(F)F)n2)[C@@H](O)[C@H]1O)c1ccc(-c2ccccc2)cn1. The first-order chi connectivity index (χ1) is 16.7. The molecule has 0 unspecified atom stereocenters. The number of benzene rings is 1. The number of anilines is 1. The molecule has 35 heavy (non-hydrogen) atoms. The molecular formula is C23H22F3N5O4. The van der Waals surface area contributed by atoms with Gasteiger partial charge in [-0.05, 0) is 11.6 Å². The molecule has 3 aromatic rings. The van der Waals surface area contributed by atoms with Crippen molar-refractivity contribution in [2.75, 3.05) is 18.5 Å². The molecule has 2 aromatic heterocycles. The number of rotatable bonds is 6. The lowest BCUT2D eigenvalue weighted by atomic mass is 9.98. The molecule has 0 spiro atoms. The number of alkyl halides is 3. The van der Waals surface area contributed by atoms with Gasteiger partial charge in [0, 0.05) is 18.3 Å². The maximum atomic E-state index is 12.8. The number of nitrogens with zero attached hydrogens (tertiary/aromatic N) is 3. The Morgan fingerprint density at radius 3 is 2.49 bits per heavy atom. The lowest BCUT2D eigenvalue weighted by molar-refractivity contribution is -0.141. The second kappa shape index (κ2) is 10.3. The second-order valence-electron chi connectivity index (χ2n) is 7.90. The summed E-state index contributed by atoms with van der Waals surface area (Å²) in [7, 11) is 0. The molecule has 0 bridgehead atoms. The molecule has 184 valence electrons. The molecule has 1 aliphatic heterocycles. The van der Waals surface area contributed by atoms with Crippen molar-refractivity contribution in [3.05, 3.63) is 72.4 Å². The van der Waals surface area contributed by atoms with Crippen LogP contribution < -0.4 is 10.6 Å². The van der Waals surface area contributed by atoms with Crippen LogP contribution in [0.15, 0.2) is 61.1 Å². The minimum atomic E-state index is -4.67. The molecule has 0 saturated carbocycles. The third-order valence-electron chi connectivity index (χ3n) is 5.46. The summed E-state index contributed by atoms with van der Waals surface area (Å²) >= 11 is 0. The molecular weight excluding hydrogens is 467 g/mol. The molecule has 4 N–H and O–H groups in total. The predicted molar refractivity (Wildman–Crippen MR) is 118 cm³/mol. The molecule has 3 heterocycles. The van der Waals surface area contributed by atoms with E-state index in [4.69, 9.17) is 4.74 Å². The smallest absolute Gasteiger partial charge is 0.388 e. The minimum absolute atomic E-state index is 0.116. The van der Waals surface area contributed by atoms with Gasteiger partial charge < -0.3 is 25.6 Å². The van der Waals surface area contributed by atoms with Gasteiger partial charge in [0.05, 0.1) is 25.0 Å². The van der Waals surface area contributed by atoms with Crippen LogP contribution in [0.1, 0.15) is 16.2 Å². The molecule has 1 fully saturated rings. The molecule has 1 saturated heterocycles. The number of aliphatic hydroxyl groups is 2. The third-order valence-corrected chi connectivity index (χ3v) is 5.46. The number of hydrogen-bond donors (Lipinski definition) is 4. The minimum Gasteiger partial charge on any atom is -0.388 e. The first kappa shape index (κ1) is 24.5. The summed E-state index contributed by atoms with van der Waals surface area (Å²) in [4.78, 5) is 23.5. The molecule has 1 aromatic carbocycles. The molecule has 0 radical (unpaired) electrons. The van der Waals surface area contributed by atoms with Crippen molar-refractivity contribution in [3.63, 3.8) is 0 Å². The van der Waals surface area contributed by atoms with Crippen LogP contribution in [0, 0.1) is 0 Å². The Hall–Kier alpha value is -3.61. The van der Waals surface area contributed by atoms with Crippen molar-refractivity contribution in [2.24, 2.45) is 0 Å². The van der Waals surface area contributed by atoms with E-state index < -0.39 is 42.1 Å². The number of aliphatic hydroxyl groups excluding tert-OH is 2. The number of carbonyl (C=O) groups is 1. The zero-order valence-electron chi connectivity index (χ0n) is 18.2. The van der Waals surface area contributed by atoms with Crippen LogP contribution in [0.3, 0.4) is 0 Å². The number of pyridine rings is 1. The summed E-state index contributed by atoms with van der Waals surface area (Å²) in [5, 5.41) is 26.0. The van der Waals surface area contributed by atoms with Gasteiger partial charge in [-0.15, -0.1) is 0 Å². The quantitative estimate of drug-likeness (QED) is 0.413. The van der Waals surface area contributed by atoms with Crippen LogP contribution in [0.25, 0.3) is 11.1 Å². The summed E-state index contributed by atoms with van der Waals surface area (Å²) in [6, 6.07) is 11.9. The molecule has 0 aliphatic carbocycles. The Morgan fingerprint density at radius 1 is 1.03 bits per heavy atom. The zero-order valence-corrected chi connectivity index (χ0v) is 18.2. The highest BCUT2D eigenvalue weighted by Crippen LogP contribution is 2.28. The number of carbonyl (C=O) groups excluding carboxylic acids is 1. The number of ether oxygens (including phenoxy) is 1. The first-order valence-corrected chi connectivity index (χ1v) is 10.7. The zero-order chi connectivity index (χ0) is 25.0. The van der Waals surface area contributed by atoms with Gasteiger partial charge in [0.15, 0.2) is 5.69 Å². The number of hydrogen-bond acceptors (Lipinski definition) is 8. The van der Waals surface area contributed by atoms with E-state index in [2.05, 4.69) is 25.6 Å². The Labute approximate surface area is 198 Å². The molecule has 4 atom stereocenters. The Kier molecular flexibility index (Phi) is 7.24. The Bertz CT molecular complexity index is 1150. The normalized spacial score (nSPS) is 22.4. The van der Waals surface area contributed by atoms with E-state index in [9.17, 15) is 28.2 Å². The van der Waals surface area contributed by atoms with Gasteiger partial charge >= 0.3 is 6.18 Å². The molecule has 1 amide bonds. The Morgan fingerprint density at radius 2 is 1.80 bits per heavy atom. The summed E-state index contributed by atoms with van der Waals surface area (Å²) in [6.45, 7) is -0.268. The number of halogens is 3. The highest BCUT2D eigenvalue weighted by Gasteiger charge is 2.39. The van der Waals surface area contributed by atoms with Crippen LogP contribution in [-0.2, 0) is 10.9 Å². The third kappa shape index (κ3) is 5.91. The standard InChI is InChI=1S/C23H22F3N5O4/c24-23(25,26)18-10-27-11-19(31-18)30-16-12-35-17(21(33)20(16)32)9-29-22(34)15-7-6-14(8-28-15)13-4-2-1-3-5-13/h1-8,10-11,16-17,20-21,32-33H,9,12H2,(H,29,34)(H,30,31)/t16-,17+,20+,21-/m0/s1. The van der Waals surface area contributed by atoms with Gasteiger partial charge in [-0.2, -0.15) is 13.2 Å². The fourth-order valence-corrected chi connectivity index (χ4v) is 3.56.